The van der Waals surface area contributed by atoms with Gasteiger partial charge in [0.25, 0.3) is 5.69 Å². The van der Waals surface area contributed by atoms with Crippen LogP contribution in [0.25, 0.3) is 0 Å². The summed E-state index contributed by atoms with van der Waals surface area (Å²) in [4.78, 5) is 10.7. The maximum absolute atomic E-state index is 11.0. The molecule has 0 unspecified atom stereocenters. The second-order valence-corrected chi connectivity index (χ2v) is 5.85. The Morgan fingerprint density at radius 2 is 2.05 bits per heavy atom. The lowest BCUT2D eigenvalue weighted by molar-refractivity contribution is -0.384. The van der Waals surface area contributed by atoms with E-state index in [-0.39, 0.29) is 22.6 Å². The zero-order chi connectivity index (χ0) is 14.6. The van der Waals surface area contributed by atoms with Gasteiger partial charge in [-0.05, 0) is 31.4 Å². The first kappa shape index (κ1) is 14.8. The fourth-order valence-corrected chi connectivity index (χ4v) is 2.93. The van der Waals surface area contributed by atoms with Crippen molar-refractivity contribution in [3.8, 4) is 0 Å². The highest BCUT2D eigenvalue weighted by atomic mass is 16.6. The van der Waals surface area contributed by atoms with E-state index in [0.29, 0.717) is 12.2 Å². The molecule has 2 N–H and O–H groups in total. The number of hydrogen-bond donors (Lipinski definition) is 2. The van der Waals surface area contributed by atoms with Crippen LogP contribution in [0.2, 0.25) is 0 Å². The number of rotatable bonds is 5. The summed E-state index contributed by atoms with van der Waals surface area (Å²) in [5.74, 6) is 0. The van der Waals surface area contributed by atoms with Crippen molar-refractivity contribution in [2.75, 3.05) is 18.5 Å². The summed E-state index contributed by atoms with van der Waals surface area (Å²) in [6, 6.07) is 5.07. The molecule has 1 aliphatic carbocycles. The van der Waals surface area contributed by atoms with Gasteiger partial charge in [-0.25, -0.2) is 0 Å². The van der Waals surface area contributed by atoms with Crippen molar-refractivity contribution in [1.82, 2.24) is 0 Å². The first-order chi connectivity index (χ1) is 9.56. The Kier molecular flexibility index (Phi) is 4.60. The van der Waals surface area contributed by atoms with Gasteiger partial charge in [-0.1, -0.05) is 25.3 Å². The Morgan fingerprint density at radius 1 is 1.35 bits per heavy atom. The molecule has 5 nitrogen and oxygen atoms in total. The molecule has 1 aromatic rings. The third kappa shape index (κ3) is 3.28. The lowest BCUT2D eigenvalue weighted by atomic mass is 9.74. The predicted molar refractivity (Wildman–Crippen MR) is 78.9 cm³/mol. The second-order valence-electron chi connectivity index (χ2n) is 5.85. The number of nitro groups is 1. The Morgan fingerprint density at radius 3 is 2.65 bits per heavy atom. The third-order valence-electron chi connectivity index (χ3n) is 4.25. The van der Waals surface area contributed by atoms with Crippen molar-refractivity contribution in [2.24, 2.45) is 5.41 Å². The molecule has 5 heteroatoms. The fraction of sp³-hybridized carbons (Fsp3) is 0.600. The zero-order valence-corrected chi connectivity index (χ0v) is 11.9. The number of hydrogen-bond acceptors (Lipinski definition) is 4. The highest BCUT2D eigenvalue weighted by molar-refractivity contribution is 5.62. The number of nitrogens with zero attached hydrogens (tertiary/aromatic N) is 1. The molecule has 0 spiro atoms. The van der Waals surface area contributed by atoms with Gasteiger partial charge in [-0.3, -0.25) is 10.1 Å². The fourth-order valence-electron chi connectivity index (χ4n) is 2.93. The first-order valence-corrected chi connectivity index (χ1v) is 7.16. The molecule has 1 aliphatic rings. The number of anilines is 1. The van der Waals surface area contributed by atoms with Crippen molar-refractivity contribution in [2.45, 2.75) is 39.0 Å². The van der Waals surface area contributed by atoms with Crippen molar-refractivity contribution >= 4 is 11.4 Å². The van der Waals surface area contributed by atoms with Crippen LogP contribution in [0.3, 0.4) is 0 Å². The topological polar surface area (TPSA) is 75.4 Å². The Hall–Kier alpha value is -1.62. The van der Waals surface area contributed by atoms with Crippen LogP contribution in [0, 0.1) is 22.5 Å². The quantitative estimate of drug-likeness (QED) is 0.640. The van der Waals surface area contributed by atoms with Gasteiger partial charge >= 0.3 is 0 Å². The molecule has 0 saturated heterocycles. The largest absolute Gasteiger partial charge is 0.396 e. The number of aryl methyl sites for hydroxylation is 1. The summed E-state index contributed by atoms with van der Waals surface area (Å²) in [5, 5.41) is 23.9. The van der Waals surface area contributed by atoms with Gasteiger partial charge in [0.1, 0.15) is 5.69 Å². The van der Waals surface area contributed by atoms with Crippen LogP contribution < -0.4 is 5.32 Å². The van der Waals surface area contributed by atoms with Crippen LogP contribution in [-0.2, 0) is 0 Å². The van der Waals surface area contributed by atoms with E-state index >= 15 is 0 Å². The Labute approximate surface area is 119 Å². The summed E-state index contributed by atoms with van der Waals surface area (Å²) in [5.41, 5.74) is 1.50. The van der Waals surface area contributed by atoms with E-state index in [4.69, 9.17) is 0 Å². The molecule has 2 rings (SSSR count). The zero-order valence-electron chi connectivity index (χ0n) is 11.9. The van der Waals surface area contributed by atoms with Crippen LogP contribution in [-0.4, -0.2) is 23.2 Å². The highest BCUT2D eigenvalue weighted by Gasteiger charge is 2.31. The van der Waals surface area contributed by atoms with Gasteiger partial charge in [0.15, 0.2) is 0 Å². The van der Waals surface area contributed by atoms with Crippen molar-refractivity contribution in [1.29, 1.82) is 0 Å². The summed E-state index contributed by atoms with van der Waals surface area (Å²) in [6.07, 6.45) is 5.43. The molecule has 20 heavy (non-hydrogen) atoms. The molecule has 1 saturated carbocycles. The maximum Gasteiger partial charge on any atom is 0.292 e. The monoisotopic (exact) mass is 278 g/mol. The minimum atomic E-state index is -0.367. The van der Waals surface area contributed by atoms with E-state index in [9.17, 15) is 15.2 Å². The highest BCUT2D eigenvalue weighted by Crippen LogP contribution is 2.37. The molecule has 0 bridgehead atoms. The van der Waals surface area contributed by atoms with Crippen LogP contribution in [0.1, 0.15) is 37.7 Å². The normalized spacial score (nSPS) is 17.7. The van der Waals surface area contributed by atoms with Crippen molar-refractivity contribution < 1.29 is 10.0 Å². The van der Waals surface area contributed by atoms with Gasteiger partial charge in [-0.2, -0.15) is 0 Å². The minimum absolute atomic E-state index is 0.0968. The van der Waals surface area contributed by atoms with Gasteiger partial charge in [0.05, 0.1) is 11.5 Å². The lowest BCUT2D eigenvalue weighted by Crippen LogP contribution is -2.35. The number of nitro benzene ring substituents is 1. The number of aliphatic hydroxyl groups is 1. The summed E-state index contributed by atoms with van der Waals surface area (Å²) in [7, 11) is 0. The maximum atomic E-state index is 11.0. The van der Waals surface area contributed by atoms with Gasteiger partial charge in [0.2, 0.25) is 0 Å². The predicted octanol–water partition coefficient (Wildman–Crippen LogP) is 3.26. The van der Waals surface area contributed by atoms with E-state index in [0.717, 1.165) is 31.2 Å². The number of nitrogens with one attached hydrogen (secondary N) is 1. The lowest BCUT2D eigenvalue weighted by Gasteiger charge is -2.35. The average Bonchev–Trinajstić information content (AvgIpc) is 2.46. The van der Waals surface area contributed by atoms with Crippen LogP contribution in [0.5, 0.6) is 0 Å². The van der Waals surface area contributed by atoms with Crippen LogP contribution in [0.15, 0.2) is 18.2 Å². The van der Waals surface area contributed by atoms with Gasteiger partial charge < -0.3 is 10.4 Å². The summed E-state index contributed by atoms with van der Waals surface area (Å²) >= 11 is 0. The smallest absolute Gasteiger partial charge is 0.292 e. The molecule has 1 aromatic carbocycles. The molecule has 0 aromatic heterocycles. The summed E-state index contributed by atoms with van der Waals surface area (Å²) < 4.78 is 0. The molecular formula is C15H22N2O3. The Balaban J connectivity index is 2.13. The standard InChI is InChI=1S/C15H22N2O3/c1-12-5-6-14(17(19)20)13(9-12)16-10-15(11-18)7-3-2-4-8-15/h5-6,9,16,18H,2-4,7-8,10-11H2,1H3. The van der Waals surface area contributed by atoms with Gasteiger partial charge in [-0.15, -0.1) is 0 Å². The molecule has 0 radical (unpaired) electrons. The van der Waals surface area contributed by atoms with Crippen LogP contribution in [0.4, 0.5) is 11.4 Å². The molecule has 0 atom stereocenters. The van der Waals surface area contributed by atoms with E-state index in [2.05, 4.69) is 5.32 Å². The summed E-state index contributed by atoms with van der Waals surface area (Å²) in [6.45, 7) is 2.64. The van der Waals surface area contributed by atoms with Crippen LogP contribution >= 0.6 is 0 Å². The molecule has 0 heterocycles. The SMILES string of the molecule is Cc1ccc([N+](=O)[O-])c(NCC2(CO)CCCCC2)c1. The minimum Gasteiger partial charge on any atom is -0.396 e. The number of aliphatic hydroxyl groups excluding tert-OH is 1. The molecule has 0 amide bonds. The third-order valence-corrected chi connectivity index (χ3v) is 4.25. The molecule has 110 valence electrons. The average molecular weight is 278 g/mol. The van der Waals surface area contributed by atoms with E-state index < -0.39 is 0 Å². The van der Waals surface area contributed by atoms with Gasteiger partial charge in [0, 0.05) is 18.0 Å². The molecule has 0 aliphatic heterocycles. The van der Waals surface area contributed by atoms with E-state index in [1.165, 1.54) is 12.5 Å². The first-order valence-electron chi connectivity index (χ1n) is 7.16. The second kappa shape index (κ2) is 6.22. The van der Waals surface area contributed by atoms with E-state index in [1.807, 2.05) is 6.92 Å². The number of benzene rings is 1. The van der Waals surface area contributed by atoms with Crippen molar-refractivity contribution in [3.05, 3.63) is 33.9 Å². The molecular weight excluding hydrogens is 256 g/mol. The molecule has 1 fully saturated rings. The van der Waals surface area contributed by atoms with Crippen molar-refractivity contribution in [3.63, 3.8) is 0 Å². The van der Waals surface area contributed by atoms with E-state index in [1.54, 1.807) is 12.1 Å². The Bertz CT molecular complexity index is 482.